The molecule has 2 unspecified atom stereocenters. The molecule has 1 rings (SSSR count). The van der Waals surface area contributed by atoms with Crippen molar-refractivity contribution in [1.29, 1.82) is 0 Å². The van der Waals surface area contributed by atoms with Crippen molar-refractivity contribution in [2.24, 2.45) is 0 Å². The Labute approximate surface area is 113 Å². The molecule has 0 aliphatic rings. The zero-order valence-corrected chi connectivity index (χ0v) is 10.9. The quantitative estimate of drug-likeness (QED) is 0.833. The van der Waals surface area contributed by atoms with Crippen LogP contribution in [0.1, 0.15) is 29.7 Å². The summed E-state index contributed by atoms with van der Waals surface area (Å²) in [6.07, 6.45) is -7.98. The monoisotopic (exact) mass is 292 g/mol. The predicted molar refractivity (Wildman–Crippen MR) is 63.8 cm³/mol. The number of aliphatic hydroxyl groups is 2. The smallest absolute Gasteiger partial charge is 0.416 e. The highest BCUT2D eigenvalue weighted by Crippen LogP contribution is 2.33. The number of hydrogen-bond donors (Lipinski definition) is 2. The van der Waals surface area contributed by atoms with E-state index in [1.807, 2.05) is 0 Å². The minimum Gasteiger partial charge on any atom is -0.464 e. The largest absolute Gasteiger partial charge is 0.464 e. The molecule has 7 heteroatoms. The number of carbonyl (C=O) groups excluding carboxylic acids is 1. The van der Waals surface area contributed by atoms with Crippen molar-refractivity contribution in [1.82, 2.24) is 0 Å². The number of alkyl halides is 3. The van der Waals surface area contributed by atoms with Crippen LogP contribution in [0.5, 0.6) is 0 Å². The highest BCUT2D eigenvalue weighted by atomic mass is 19.4. The van der Waals surface area contributed by atoms with Crippen LogP contribution in [0.3, 0.4) is 0 Å². The second-order valence-electron chi connectivity index (χ2n) is 4.21. The Kier molecular flexibility index (Phi) is 5.13. The summed E-state index contributed by atoms with van der Waals surface area (Å²) >= 11 is 0. The fourth-order valence-corrected chi connectivity index (χ4v) is 1.73. The first-order valence-electron chi connectivity index (χ1n) is 5.89. The summed E-state index contributed by atoms with van der Waals surface area (Å²) in [4.78, 5) is 11.3. The highest BCUT2D eigenvalue weighted by molar-refractivity contribution is 5.75. The summed E-state index contributed by atoms with van der Waals surface area (Å²) in [5.74, 6) is -1.03. The van der Waals surface area contributed by atoms with Crippen LogP contribution in [0.15, 0.2) is 18.2 Å². The van der Waals surface area contributed by atoms with Gasteiger partial charge in [0.25, 0.3) is 0 Å². The van der Waals surface area contributed by atoms with Gasteiger partial charge in [0.1, 0.15) is 6.10 Å². The lowest BCUT2D eigenvalue weighted by atomic mass is 9.99. The Morgan fingerprint density at radius 1 is 1.35 bits per heavy atom. The second kappa shape index (κ2) is 6.23. The number of esters is 1. The maximum atomic E-state index is 12.6. The molecule has 0 heterocycles. The van der Waals surface area contributed by atoms with Gasteiger partial charge < -0.3 is 14.9 Å². The third-order valence-electron chi connectivity index (χ3n) is 2.72. The molecule has 1 aromatic carbocycles. The fourth-order valence-electron chi connectivity index (χ4n) is 1.73. The van der Waals surface area contributed by atoms with E-state index in [1.54, 1.807) is 0 Å². The molecule has 0 amide bonds. The molecule has 0 saturated carbocycles. The Morgan fingerprint density at radius 3 is 2.40 bits per heavy atom. The first-order chi connectivity index (χ1) is 9.18. The minimum absolute atomic E-state index is 0.0102. The molecule has 0 aromatic heterocycles. The van der Waals surface area contributed by atoms with Crippen LogP contribution in [0.4, 0.5) is 13.2 Å². The van der Waals surface area contributed by atoms with E-state index in [2.05, 4.69) is 4.74 Å². The molecular formula is C13H15F3O4. The van der Waals surface area contributed by atoms with Crippen molar-refractivity contribution in [3.05, 3.63) is 34.9 Å². The van der Waals surface area contributed by atoms with Crippen LogP contribution in [-0.2, 0) is 15.7 Å². The zero-order chi connectivity index (χ0) is 15.5. The molecule has 0 spiro atoms. The summed E-state index contributed by atoms with van der Waals surface area (Å²) in [6.45, 7) is 2.78. The van der Waals surface area contributed by atoms with Crippen molar-refractivity contribution in [3.8, 4) is 0 Å². The lowest BCUT2D eigenvalue weighted by molar-refractivity contribution is -0.159. The summed E-state index contributed by atoms with van der Waals surface area (Å²) in [5, 5.41) is 19.3. The molecule has 0 aliphatic heterocycles. The van der Waals surface area contributed by atoms with Crippen molar-refractivity contribution in [2.45, 2.75) is 32.2 Å². The summed E-state index contributed by atoms with van der Waals surface area (Å²) in [7, 11) is 0. The van der Waals surface area contributed by atoms with E-state index in [9.17, 15) is 28.2 Å². The van der Waals surface area contributed by atoms with Gasteiger partial charge in [0, 0.05) is 0 Å². The van der Waals surface area contributed by atoms with Crippen molar-refractivity contribution >= 4 is 5.97 Å². The lowest BCUT2D eigenvalue weighted by Gasteiger charge is -2.18. The van der Waals surface area contributed by atoms with Crippen LogP contribution >= 0.6 is 0 Å². The standard InChI is InChI=1S/C13H15F3O4/c1-3-20-12(19)11(18)10(17)8-4-5-9(7(2)6-8)13(14,15)16/h4-6,10-11,17-18H,3H2,1-2H3. The van der Waals surface area contributed by atoms with Gasteiger partial charge in [0.2, 0.25) is 0 Å². The van der Waals surface area contributed by atoms with Gasteiger partial charge in [0.15, 0.2) is 6.10 Å². The van der Waals surface area contributed by atoms with Crippen LogP contribution in [0, 0.1) is 6.92 Å². The molecule has 2 atom stereocenters. The van der Waals surface area contributed by atoms with Gasteiger partial charge in [-0.25, -0.2) is 4.79 Å². The number of halogens is 3. The van der Waals surface area contributed by atoms with Crippen molar-refractivity contribution in [2.75, 3.05) is 6.61 Å². The van der Waals surface area contributed by atoms with Gasteiger partial charge in [-0.15, -0.1) is 0 Å². The van der Waals surface area contributed by atoms with E-state index in [-0.39, 0.29) is 17.7 Å². The van der Waals surface area contributed by atoms with Gasteiger partial charge in [-0.1, -0.05) is 12.1 Å². The SMILES string of the molecule is CCOC(=O)C(O)C(O)c1ccc(C(F)(F)F)c(C)c1. The van der Waals surface area contributed by atoms with E-state index in [1.165, 1.54) is 13.8 Å². The molecule has 1 aromatic rings. The molecule has 0 saturated heterocycles. The molecule has 0 radical (unpaired) electrons. The fraction of sp³-hybridized carbons (Fsp3) is 0.462. The molecule has 0 fully saturated rings. The van der Waals surface area contributed by atoms with Crippen LogP contribution in [0.25, 0.3) is 0 Å². The third kappa shape index (κ3) is 3.71. The van der Waals surface area contributed by atoms with Gasteiger partial charge in [-0.2, -0.15) is 13.2 Å². The van der Waals surface area contributed by atoms with Gasteiger partial charge in [0.05, 0.1) is 12.2 Å². The molecule has 20 heavy (non-hydrogen) atoms. The number of aliphatic hydroxyl groups excluding tert-OH is 2. The molecule has 2 N–H and O–H groups in total. The number of carbonyl (C=O) groups is 1. The highest BCUT2D eigenvalue weighted by Gasteiger charge is 2.33. The topological polar surface area (TPSA) is 66.8 Å². The van der Waals surface area contributed by atoms with Gasteiger partial charge >= 0.3 is 12.1 Å². The molecule has 0 aliphatic carbocycles. The Morgan fingerprint density at radius 2 is 1.95 bits per heavy atom. The molecule has 4 nitrogen and oxygen atoms in total. The summed E-state index contributed by atoms with van der Waals surface area (Å²) in [5.41, 5.74) is -0.930. The molecular weight excluding hydrogens is 277 g/mol. The van der Waals surface area contributed by atoms with E-state index in [0.717, 1.165) is 18.2 Å². The Balaban J connectivity index is 2.98. The van der Waals surface area contributed by atoms with Crippen molar-refractivity contribution < 1.29 is 32.9 Å². The minimum atomic E-state index is -4.49. The maximum absolute atomic E-state index is 12.6. The van der Waals surface area contributed by atoms with Crippen molar-refractivity contribution in [3.63, 3.8) is 0 Å². The Hall–Kier alpha value is -1.60. The summed E-state index contributed by atoms with van der Waals surface area (Å²) < 4.78 is 42.3. The number of rotatable bonds is 4. The normalized spacial score (nSPS) is 14.8. The van der Waals surface area contributed by atoms with E-state index in [0.29, 0.717) is 0 Å². The number of ether oxygens (including phenoxy) is 1. The predicted octanol–water partition coefficient (Wildman–Crippen LogP) is 1.97. The van der Waals surface area contributed by atoms with Gasteiger partial charge in [-0.3, -0.25) is 0 Å². The maximum Gasteiger partial charge on any atom is 0.416 e. The van der Waals surface area contributed by atoms with E-state index < -0.39 is 29.9 Å². The number of aryl methyl sites for hydroxylation is 1. The second-order valence-corrected chi connectivity index (χ2v) is 4.21. The van der Waals surface area contributed by atoms with Crippen LogP contribution < -0.4 is 0 Å². The first-order valence-corrected chi connectivity index (χ1v) is 5.89. The zero-order valence-electron chi connectivity index (χ0n) is 10.9. The first kappa shape index (κ1) is 16.5. The summed E-state index contributed by atoms with van der Waals surface area (Å²) in [6, 6.07) is 2.89. The van der Waals surface area contributed by atoms with Gasteiger partial charge in [-0.05, 0) is 31.0 Å². The lowest BCUT2D eigenvalue weighted by Crippen LogP contribution is -2.30. The number of benzene rings is 1. The average molecular weight is 292 g/mol. The van der Waals surface area contributed by atoms with Crippen LogP contribution in [0.2, 0.25) is 0 Å². The van der Waals surface area contributed by atoms with Crippen LogP contribution in [-0.4, -0.2) is 28.9 Å². The molecule has 112 valence electrons. The third-order valence-corrected chi connectivity index (χ3v) is 2.72. The molecule has 0 bridgehead atoms. The Bertz CT molecular complexity index is 485. The number of hydrogen-bond acceptors (Lipinski definition) is 4. The average Bonchev–Trinajstić information content (AvgIpc) is 2.35. The van der Waals surface area contributed by atoms with E-state index in [4.69, 9.17) is 0 Å². The van der Waals surface area contributed by atoms with E-state index >= 15 is 0 Å².